The zero-order valence-corrected chi connectivity index (χ0v) is 16.4. The number of rotatable bonds is 5. The first kappa shape index (κ1) is 17.4. The molecular formula is C19H15ClN4S2. The van der Waals surface area contributed by atoms with Crippen molar-refractivity contribution in [2.75, 3.05) is 6.26 Å². The molecule has 3 aromatic heterocycles. The van der Waals surface area contributed by atoms with Gasteiger partial charge in [0.1, 0.15) is 0 Å². The van der Waals surface area contributed by atoms with Crippen LogP contribution >= 0.6 is 35.3 Å². The van der Waals surface area contributed by atoms with Gasteiger partial charge < -0.3 is 0 Å². The van der Waals surface area contributed by atoms with Crippen molar-refractivity contribution in [3.63, 3.8) is 0 Å². The fourth-order valence-corrected chi connectivity index (χ4v) is 4.07. The summed E-state index contributed by atoms with van der Waals surface area (Å²) in [5.74, 6) is 0. The Bertz CT molecular complexity index is 1030. The number of aromatic nitrogens is 4. The maximum atomic E-state index is 6.20. The zero-order valence-electron chi connectivity index (χ0n) is 14.0. The molecule has 7 heteroatoms. The maximum absolute atomic E-state index is 6.20. The van der Waals surface area contributed by atoms with Crippen molar-refractivity contribution in [1.82, 2.24) is 18.9 Å². The Labute approximate surface area is 165 Å². The lowest BCUT2D eigenvalue weighted by Gasteiger charge is -2.03. The molecule has 4 aromatic rings. The van der Waals surface area contributed by atoms with Crippen LogP contribution in [-0.4, -0.2) is 25.2 Å². The van der Waals surface area contributed by atoms with Gasteiger partial charge in [-0.1, -0.05) is 41.6 Å². The molecule has 0 unspecified atom stereocenters. The maximum Gasteiger partial charge on any atom is 0.187 e. The third-order valence-electron chi connectivity index (χ3n) is 3.87. The highest BCUT2D eigenvalue weighted by Crippen LogP contribution is 2.30. The normalized spacial score (nSPS) is 11.2. The molecule has 0 amide bonds. The zero-order chi connectivity index (χ0) is 17.9. The summed E-state index contributed by atoms with van der Waals surface area (Å²) in [6.45, 7) is 0. The third kappa shape index (κ3) is 3.72. The SMILES string of the molecule is CSc1ncc(Cc2cn(Sc3ccccc3)c3ncc(Cl)cc23)cn1. The average Bonchev–Trinajstić information content (AvgIpc) is 2.99. The Morgan fingerprint density at radius 3 is 2.54 bits per heavy atom. The van der Waals surface area contributed by atoms with Gasteiger partial charge in [-0.15, -0.1) is 0 Å². The molecule has 0 aliphatic carbocycles. The van der Waals surface area contributed by atoms with Gasteiger partial charge in [-0.25, -0.2) is 15.0 Å². The van der Waals surface area contributed by atoms with E-state index in [0.29, 0.717) is 5.02 Å². The van der Waals surface area contributed by atoms with Gasteiger partial charge in [-0.2, -0.15) is 0 Å². The van der Waals surface area contributed by atoms with Crippen molar-refractivity contribution in [1.29, 1.82) is 0 Å². The predicted molar refractivity (Wildman–Crippen MR) is 109 cm³/mol. The number of benzene rings is 1. The largest absolute Gasteiger partial charge is 0.270 e. The van der Waals surface area contributed by atoms with Crippen molar-refractivity contribution in [2.24, 2.45) is 0 Å². The summed E-state index contributed by atoms with van der Waals surface area (Å²) in [5, 5.41) is 2.46. The number of hydrogen-bond acceptors (Lipinski definition) is 5. The molecule has 0 radical (unpaired) electrons. The van der Waals surface area contributed by atoms with Crippen molar-refractivity contribution in [3.05, 3.63) is 77.3 Å². The van der Waals surface area contributed by atoms with Crippen LogP contribution in [0.4, 0.5) is 0 Å². The summed E-state index contributed by atoms with van der Waals surface area (Å²) >= 11 is 9.37. The van der Waals surface area contributed by atoms with Crippen LogP contribution in [0.5, 0.6) is 0 Å². The highest BCUT2D eigenvalue weighted by molar-refractivity contribution is 7.98. The van der Waals surface area contributed by atoms with Crippen LogP contribution in [-0.2, 0) is 6.42 Å². The van der Waals surface area contributed by atoms with Gasteiger partial charge in [-0.3, -0.25) is 3.97 Å². The minimum Gasteiger partial charge on any atom is -0.270 e. The Morgan fingerprint density at radius 2 is 1.81 bits per heavy atom. The molecule has 130 valence electrons. The first-order valence-electron chi connectivity index (χ1n) is 7.97. The van der Waals surface area contributed by atoms with Gasteiger partial charge in [0, 0.05) is 41.5 Å². The van der Waals surface area contributed by atoms with Gasteiger partial charge in [0.15, 0.2) is 10.8 Å². The molecule has 0 spiro atoms. The monoisotopic (exact) mass is 398 g/mol. The van der Waals surface area contributed by atoms with Crippen molar-refractivity contribution in [3.8, 4) is 0 Å². The van der Waals surface area contributed by atoms with E-state index < -0.39 is 0 Å². The number of hydrogen-bond donors (Lipinski definition) is 0. The van der Waals surface area contributed by atoms with E-state index >= 15 is 0 Å². The quantitative estimate of drug-likeness (QED) is 0.335. The van der Waals surface area contributed by atoms with E-state index in [1.807, 2.05) is 42.9 Å². The lowest BCUT2D eigenvalue weighted by molar-refractivity contribution is 0.937. The van der Waals surface area contributed by atoms with Crippen molar-refractivity contribution < 1.29 is 0 Å². The summed E-state index contributed by atoms with van der Waals surface area (Å²) in [7, 11) is 0. The third-order valence-corrected chi connectivity index (χ3v) is 5.61. The molecule has 0 aliphatic rings. The molecule has 0 saturated carbocycles. The molecule has 0 N–H and O–H groups in total. The Hall–Kier alpha value is -2.02. The van der Waals surface area contributed by atoms with Crippen LogP contribution in [0.1, 0.15) is 11.1 Å². The van der Waals surface area contributed by atoms with E-state index in [0.717, 1.165) is 38.6 Å². The summed E-state index contributed by atoms with van der Waals surface area (Å²) in [5.41, 5.74) is 3.12. The molecule has 4 nitrogen and oxygen atoms in total. The smallest absolute Gasteiger partial charge is 0.187 e. The highest BCUT2D eigenvalue weighted by atomic mass is 35.5. The number of thioether (sulfide) groups is 1. The van der Waals surface area contributed by atoms with Crippen LogP contribution in [0.2, 0.25) is 5.02 Å². The van der Waals surface area contributed by atoms with Crippen molar-refractivity contribution in [2.45, 2.75) is 16.5 Å². The van der Waals surface area contributed by atoms with Crippen LogP contribution < -0.4 is 0 Å². The highest BCUT2D eigenvalue weighted by Gasteiger charge is 2.13. The second-order valence-corrected chi connectivity index (χ2v) is 7.92. The van der Waals surface area contributed by atoms with Gasteiger partial charge in [0.05, 0.1) is 5.02 Å². The lowest BCUT2D eigenvalue weighted by Crippen LogP contribution is -1.92. The molecule has 0 atom stereocenters. The van der Waals surface area contributed by atoms with E-state index in [-0.39, 0.29) is 0 Å². The average molecular weight is 399 g/mol. The first-order chi connectivity index (χ1) is 12.7. The lowest BCUT2D eigenvalue weighted by atomic mass is 10.1. The second kappa shape index (κ2) is 7.70. The number of halogens is 1. The fraction of sp³-hybridized carbons (Fsp3) is 0.105. The Morgan fingerprint density at radius 1 is 1.04 bits per heavy atom. The topological polar surface area (TPSA) is 43.6 Å². The summed E-state index contributed by atoms with van der Waals surface area (Å²) < 4.78 is 2.09. The van der Waals surface area contributed by atoms with Crippen molar-refractivity contribution >= 4 is 46.3 Å². The number of pyridine rings is 1. The second-order valence-electron chi connectivity index (χ2n) is 5.66. The molecular weight excluding hydrogens is 384 g/mol. The predicted octanol–water partition coefficient (Wildman–Crippen LogP) is 5.35. The van der Waals surface area contributed by atoms with E-state index in [9.17, 15) is 0 Å². The molecule has 0 fully saturated rings. The van der Waals surface area contributed by atoms with Crippen LogP contribution in [0.25, 0.3) is 11.0 Å². The standard InChI is InChI=1S/C19H15ClN4S2/c1-25-19-22-9-13(10-23-19)7-14-12-24(26-16-5-3-2-4-6-16)18-17(14)8-15(20)11-21-18/h2-6,8-12H,7H2,1H3. The van der Waals surface area contributed by atoms with Gasteiger partial charge >= 0.3 is 0 Å². The van der Waals surface area contributed by atoms with E-state index in [1.54, 1.807) is 18.1 Å². The van der Waals surface area contributed by atoms with Gasteiger partial charge in [-0.05, 0) is 47.5 Å². The van der Waals surface area contributed by atoms with Crippen LogP contribution in [0, 0.1) is 0 Å². The molecule has 3 heterocycles. The minimum atomic E-state index is 0.634. The molecule has 26 heavy (non-hydrogen) atoms. The van der Waals surface area contributed by atoms with Crippen LogP contribution in [0.15, 0.2) is 71.2 Å². The summed E-state index contributed by atoms with van der Waals surface area (Å²) in [6, 6.07) is 12.2. The Kier molecular flexibility index (Phi) is 5.15. The first-order valence-corrected chi connectivity index (χ1v) is 10.3. The minimum absolute atomic E-state index is 0.634. The number of fused-ring (bicyclic) bond motifs is 1. The Balaban J connectivity index is 1.72. The molecule has 0 saturated heterocycles. The summed E-state index contributed by atoms with van der Waals surface area (Å²) in [4.78, 5) is 14.4. The van der Waals surface area contributed by atoms with E-state index in [2.05, 4.69) is 37.3 Å². The van der Waals surface area contributed by atoms with E-state index in [1.165, 1.54) is 11.8 Å². The van der Waals surface area contributed by atoms with Gasteiger partial charge in [0.25, 0.3) is 0 Å². The van der Waals surface area contributed by atoms with Gasteiger partial charge in [0.2, 0.25) is 0 Å². The summed E-state index contributed by atoms with van der Waals surface area (Å²) in [6.07, 6.45) is 10.3. The molecule has 0 aliphatic heterocycles. The molecule has 0 bridgehead atoms. The number of nitrogens with zero attached hydrogens (tertiary/aromatic N) is 4. The molecule has 1 aromatic carbocycles. The molecule has 4 rings (SSSR count). The van der Waals surface area contributed by atoms with E-state index in [4.69, 9.17) is 11.6 Å². The van der Waals surface area contributed by atoms with Crippen LogP contribution in [0.3, 0.4) is 0 Å². The fourth-order valence-electron chi connectivity index (χ4n) is 2.68.